The van der Waals surface area contributed by atoms with Crippen molar-refractivity contribution in [2.24, 2.45) is 0 Å². The highest BCUT2D eigenvalue weighted by atomic mass is 16.5. The predicted octanol–water partition coefficient (Wildman–Crippen LogP) is 2.20. The SMILES string of the molecule is COCCNC(C#N)c1cccc2c1OC(C)(C)C2. The zero-order valence-corrected chi connectivity index (χ0v) is 11.7. The zero-order valence-electron chi connectivity index (χ0n) is 11.7. The van der Waals surface area contributed by atoms with E-state index in [1.807, 2.05) is 12.1 Å². The molecule has 0 radical (unpaired) electrons. The van der Waals surface area contributed by atoms with Crippen molar-refractivity contribution in [3.8, 4) is 11.8 Å². The molecule has 1 N–H and O–H groups in total. The third-order valence-electron chi connectivity index (χ3n) is 3.22. The first-order valence-corrected chi connectivity index (χ1v) is 6.50. The minimum Gasteiger partial charge on any atom is -0.487 e. The number of nitrogens with zero attached hydrogens (tertiary/aromatic N) is 1. The molecule has 1 aliphatic heterocycles. The third-order valence-corrected chi connectivity index (χ3v) is 3.22. The summed E-state index contributed by atoms with van der Waals surface area (Å²) in [5.41, 5.74) is 1.91. The number of fused-ring (bicyclic) bond motifs is 1. The van der Waals surface area contributed by atoms with Crippen LogP contribution in [0, 0.1) is 11.3 Å². The summed E-state index contributed by atoms with van der Waals surface area (Å²) in [6, 6.07) is 7.93. The lowest BCUT2D eigenvalue weighted by atomic mass is 9.98. The molecule has 0 aliphatic carbocycles. The zero-order chi connectivity index (χ0) is 13.9. The average molecular weight is 260 g/mol. The van der Waals surface area contributed by atoms with Crippen LogP contribution >= 0.6 is 0 Å². The molecule has 1 atom stereocenters. The fraction of sp³-hybridized carbons (Fsp3) is 0.533. The number of benzene rings is 1. The van der Waals surface area contributed by atoms with E-state index in [4.69, 9.17) is 9.47 Å². The van der Waals surface area contributed by atoms with Crippen LogP contribution in [0.1, 0.15) is 31.0 Å². The largest absolute Gasteiger partial charge is 0.487 e. The van der Waals surface area contributed by atoms with Crippen LogP contribution in [-0.4, -0.2) is 25.9 Å². The van der Waals surface area contributed by atoms with Crippen molar-refractivity contribution < 1.29 is 9.47 Å². The second kappa shape index (κ2) is 5.60. The van der Waals surface area contributed by atoms with Crippen molar-refractivity contribution in [3.63, 3.8) is 0 Å². The number of hydrogen-bond donors (Lipinski definition) is 1. The Morgan fingerprint density at radius 2 is 2.32 bits per heavy atom. The van der Waals surface area contributed by atoms with E-state index in [0.717, 1.165) is 17.7 Å². The molecule has 1 aromatic carbocycles. The lowest BCUT2D eigenvalue weighted by Gasteiger charge is -2.20. The van der Waals surface area contributed by atoms with E-state index in [0.29, 0.717) is 13.2 Å². The summed E-state index contributed by atoms with van der Waals surface area (Å²) < 4.78 is 11.0. The Bertz CT molecular complexity index is 491. The molecule has 0 aromatic heterocycles. The summed E-state index contributed by atoms with van der Waals surface area (Å²) in [7, 11) is 1.65. The van der Waals surface area contributed by atoms with E-state index in [1.54, 1.807) is 7.11 Å². The maximum Gasteiger partial charge on any atom is 0.129 e. The molecule has 0 amide bonds. The van der Waals surface area contributed by atoms with E-state index in [9.17, 15) is 5.26 Å². The topological polar surface area (TPSA) is 54.3 Å². The minimum absolute atomic E-state index is 0.190. The molecule has 1 aromatic rings. The third kappa shape index (κ3) is 3.06. The minimum atomic E-state index is -0.362. The van der Waals surface area contributed by atoms with Crippen molar-refractivity contribution >= 4 is 0 Å². The van der Waals surface area contributed by atoms with Gasteiger partial charge in [0.05, 0.1) is 12.7 Å². The van der Waals surface area contributed by atoms with Gasteiger partial charge in [0.1, 0.15) is 17.4 Å². The molecule has 0 fully saturated rings. The van der Waals surface area contributed by atoms with Gasteiger partial charge in [-0.3, -0.25) is 5.32 Å². The molecule has 0 saturated heterocycles. The van der Waals surface area contributed by atoms with Crippen LogP contribution in [0.4, 0.5) is 0 Å². The molecule has 102 valence electrons. The second-order valence-corrected chi connectivity index (χ2v) is 5.38. The molecule has 4 nitrogen and oxygen atoms in total. The van der Waals surface area contributed by atoms with Crippen LogP contribution in [0.5, 0.6) is 5.75 Å². The summed E-state index contributed by atoms with van der Waals surface area (Å²) in [5, 5.41) is 12.5. The first-order valence-electron chi connectivity index (χ1n) is 6.50. The molecular formula is C15H20N2O2. The van der Waals surface area contributed by atoms with Gasteiger partial charge in [-0.1, -0.05) is 18.2 Å². The second-order valence-electron chi connectivity index (χ2n) is 5.38. The summed E-state index contributed by atoms with van der Waals surface area (Å²) in [6.45, 7) is 5.36. The maximum absolute atomic E-state index is 9.33. The molecule has 1 unspecified atom stereocenters. The molecule has 2 rings (SSSR count). The van der Waals surface area contributed by atoms with Gasteiger partial charge in [-0.05, 0) is 19.4 Å². The molecule has 4 heteroatoms. The molecule has 0 saturated carbocycles. The molecule has 0 spiro atoms. The van der Waals surface area contributed by atoms with Gasteiger partial charge in [-0.2, -0.15) is 5.26 Å². The van der Waals surface area contributed by atoms with Crippen molar-refractivity contribution in [1.29, 1.82) is 5.26 Å². The summed E-state index contributed by atoms with van der Waals surface area (Å²) in [4.78, 5) is 0. The van der Waals surface area contributed by atoms with E-state index >= 15 is 0 Å². The summed E-state index contributed by atoms with van der Waals surface area (Å²) in [5.74, 6) is 0.865. The van der Waals surface area contributed by atoms with Gasteiger partial charge >= 0.3 is 0 Å². The summed E-state index contributed by atoms with van der Waals surface area (Å²) >= 11 is 0. The van der Waals surface area contributed by atoms with Crippen molar-refractivity contribution in [1.82, 2.24) is 5.32 Å². The number of para-hydroxylation sites is 1. The van der Waals surface area contributed by atoms with E-state index in [1.165, 1.54) is 5.56 Å². The van der Waals surface area contributed by atoms with Gasteiger partial charge in [0, 0.05) is 25.6 Å². The Labute approximate surface area is 114 Å². The molecule has 1 heterocycles. The monoisotopic (exact) mass is 260 g/mol. The smallest absolute Gasteiger partial charge is 0.129 e. The van der Waals surface area contributed by atoms with Crippen LogP contribution in [0.15, 0.2) is 18.2 Å². The number of rotatable bonds is 5. The maximum atomic E-state index is 9.33. The van der Waals surface area contributed by atoms with Crippen LogP contribution in [0.2, 0.25) is 0 Å². The van der Waals surface area contributed by atoms with Gasteiger partial charge in [-0.15, -0.1) is 0 Å². The highest BCUT2D eigenvalue weighted by Crippen LogP contribution is 2.39. The van der Waals surface area contributed by atoms with E-state index in [-0.39, 0.29) is 11.6 Å². The van der Waals surface area contributed by atoms with E-state index < -0.39 is 0 Å². The predicted molar refractivity (Wildman–Crippen MR) is 73.1 cm³/mol. The number of nitriles is 1. The van der Waals surface area contributed by atoms with Crippen molar-refractivity contribution in [2.45, 2.75) is 31.9 Å². The van der Waals surface area contributed by atoms with Crippen LogP contribution < -0.4 is 10.1 Å². The van der Waals surface area contributed by atoms with Crippen LogP contribution in [0.25, 0.3) is 0 Å². The van der Waals surface area contributed by atoms with Gasteiger partial charge in [0.2, 0.25) is 0 Å². The van der Waals surface area contributed by atoms with Gasteiger partial charge < -0.3 is 9.47 Å². The Balaban J connectivity index is 2.22. The lowest BCUT2D eigenvalue weighted by molar-refractivity contribution is 0.136. The fourth-order valence-electron chi connectivity index (χ4n) is 2.40. The van der Waals surface area contributed by atoms with Crippen LogP contribution in [0.3, 0.4) is 0 Å². The normalized spacial score (nSPS) is 17.4. The Kier molecular flexibility index (Phi) is 4.08. The first-order chi connectivity index (χ1) is 9.07. The van der Waals surface area contributed by atoms with Gasteiger partial charge in [0.25, 0.3) is 0 Å². The van der Waals surface area contributed by atoms with Crippen molar-refractivity contribution in [2.75, 3.05) is 20.3 Å². The Morgan fingerprint density at radius 1 is 1.53 bits per heavy atom. The number of nitrogens with one attached hydrogen (secondary N) is 1. The number of hydrogen-bond acceptors (Lipinski definition) is 4. The van der Waals surface area contributed by atoms with Crippen LogP contribution in [-0.2, 0) is 11.2 Å². The van der Waals surface area contributed by atoms with Crippen molar-refractivity contribution in [3.05, 3.63) is 29.3 Å². The highest BCUT2D eigenvalue weighted by molar-refractivity contribution is 5.48. The molecular weight excluding hydrogens is 240 g/mol. The summed E-state index contributed by atoms with van der Waals surface area (Å²) in [6.07, 6.45) is 0.881. The molecule has 19 heavy (non-hydrogen) atoms. The quantitative estimate of drug-likeness (QED) is 0.825. The van der Waals surface area contributed by atoms with Gasteiger partial charge in [0.15, 0.2) is 0 Å². The van der Waals surface area contributed by atoms with E-state index in [2.05, 4.69) is 31.3 Å². The molecule has 1 aliphatic rings. The fourth-order valence-corrected chi connectivity index (χ4v) is 2.40. The standard InChI is InChI=1S/C15H20N2O2/c1-15(2)9-11-5-4-6-12(14(11)19-15)13(10-16)17-7-8-18-3/h4-6,13,17H,7-9H2,1-3H3. The molecule has 0 bridgehead atoms. The first kappa shape index (κ1) is 13.9. The average Bonchev–Trinajstić information content (AvgIpc) is 2.69. The lowest BCUT2D eigenvalue weighted by Crippen LogP contribution is -2.26. The number of ether oxygens (including phenoxy) is 2. The van der Waals surface area contributed by atoms with Gasteiger partial charge in [-0.25, -0.2) is 0 Å². The highest BCUT2D eigenvalue weighted by Gasteiger charge is 2.33. The number of methoxy groups -OCH3 is 1. The Morgan fingerprint density at radius 3 is 3.00 bits per heavy atom. The Hall–Kier alpha value is -1.57.